The number of hydrogen-bond acceptors (Lipinski definition) is 5. The number of nitrogens with zero attached hydrogens (tertiary/aromatic N) is 3. The molecule has 2 atom stereocenters. The number of amides is 1. The molecule has 1 fully saturated rings. The third-order valence-electron chi connectivity index (χ3n) is 5.93. The first kappa shape index (κ1) is 22.2. The molecule has 6 nitrogen and oxygen atoms in total. The van der Waals surface area contributed by atoms with Gasteiger partial charge < -0.3 is 10.1 Å². The molecule has 168 valence electrons. The van der Waals surface area contributed by atoms with Gasteiger partial charge in [-0.3, -0.25) is 14.1 Å². The second kappa shape index (κ2) is 8.88. The summed E-state index contributed by atoms with van der Waals surface area (Å²) in [5.41, 5.74) is 3.51. The zero-order chi connectivity index (χ0) is 22.2. The molecule has 7 heteroatoms. The Morgan fingerprint density at radius 2 is 2.23 bits per heavy atom. The first-order valence-electron chi connectivity index (χ1n) is 11.2. The minimum Gasteiger partial charge on any atom is -0.378 e. The maximum absolute atomic E-state index is 12.0. The zero-order valence-electron chi connectivity index (χ0n) is 19.3. The summed E-state index contributed by atoms with van der Waals surface area (Å²) in [6.45, 7) is 12.1. The third kappa shape index (κ3) is 5.10. The van der Waals surface area contributed by atoms with E-state index in [1.807, 2.05) is 10.6 Å². The summed E-state index contributed by atoms with van der Waals surface area (Å²) in [6.07, 6.45) is 5.73. The number of ether oxygens (including phenoxy) is 1. The lowest BCUT2D eigenvalue weighted by Crippen LogP contribution is -2.40. The molecule has 3 aromatic rings. The van der Waals surface area contributed by atoms with Gasteiger partial charge in [-0.2, -0.15) is 0 Å². The van der Waals surface area contributed by atoms with E-state index in [4.69, 9.17) is 9.72 Å². The standard InChI is InChI=1S/C24H34N4O2S/c1-16(11-18-7-6-10-30-18)27(15-24(2,3)4)13-17-8-9-19-20(12-17)28-14-21(22(29)25-5)31-23(28)26-19/h8-9,12,14,16,18H,6-7,10-11,13,15H2,1-5H3,(H,25,29). The third-order valence-corrected chi connectivity index (χ3v) is 6.92. The minimum atomic E-state index is -0.0703. The van der Waals surface area contributed by atoms with Crippen LogP contribution in [0.3, 0.4) is 0 Å². The van der Waals surface area contributed by atoms with Crippen molar-refractivity contribution in [2.45, 2.75) is 65.6 Å². The van der Waals surface area contributed by atoms with Crippen molar-refractivity contribution >= 4 is 33.2 Å². The van der Waals surface area contributed by atoms with Gasteiger partial charge in [-0.15, -0.1) is 0 Å². The summed E-state index contributed by atoms with van der Waals surface area (Å²) >= 11 is 1.42. The van der Waals surface area contributed by atoms with Crippen LogP contribution in [0.5, 0.6) is 0 Å². The van der Waals surface area contributed by atoms with Crippen molar-refractivity contribution in [2.24, 2.45) is 5.41 Å². The lowest BCUT2D eigenvalue weighted by atomic mass is 9.94. The van der Waals surface area contributed by atoms with Crippen LogP contribution in [0.15, 0.2) is 24.4 Å². The number of fused-ring (bicyclic) bond motifs is 3. The lowest BCUT2D eigenvalue weighted by Gasteiger charge is -2.35. The topological polar surface area (TPSA) is 58.9 Å². The van der Waals surface area contributed by atoms with Crippen molar-refractivity contribution < 1.29 is 9.53 Å². The molecule has 0 bridgehead atoms. The van der Waals surface area contributed by atoms with Crippen LogP contribution in [0.4, 0.5) is 0 Å². The molecule has 2 unspecified atom stereocenters. The van der Waals surface area contributed by atoms with Gasteiger partial charge >= 0.3 is 0 Å². The van der Waals surface area contributed by atoms with Gasteiger partial charge in [0.15, 0.2) is 4.96 Å². The number of carbonyl (C=O) groups is 1. The van der Waals surface area contributed by atoms with Crippen LogP contribution in [0.25, 0.3) is 16.0 Å². The minimum absolute atomic E-state index is 0.0703. The van der Waals surface area contributed by atoms with Crippen LogP contribution in [-0.4, -0.2) is 52.5 Å². The second-order valence-corrected chi connectivity index (χ2v) is 11.0. The van der Waals surface area contributed by atoms with E-state index in [2.05, 4.69) is 56.1 Å². The summed E-state index contributed by atoms with van der Waals surface area (Å²) < 4.78 is 7.95. The van der Waals surface area contributed by atoms with Gasteiger partial charge in [0.05, 0.1) is 17.1 Å². The number of carbonyl (C=O) groups excluding carboxylic acids is 1. The Bertz CT molecular complexity index is 1060. The molecule has 0 aliphatic carbocycles. The van der Waals surface area contributed by atoms with Gasteiger partial charge in [0.1, 0.15) is 4.88 Å². The van der Waals surface area contributed by atoms with Crippen molar-refractivity contribution in [2.75, 3.05) is 20.2 Å². The Labute approximate surface area is 188 Å². The summed E-state index contributed by atoms with van der Waals surface area (Å²) in [5.74, 6) is -0.0703. The Morgan fingerprint density at radius 3 is 2.90 bits per heavy atom. The largest absolute Gasteiger partial charge is 0.378 e. The van der Waals surface area contributed by atoms with Crippen LogP contribution >= 0.6 is 11.3 Å². The number of aromatic nitrogens is 2. The van der Waals surface area contributed by atoms with Gasteiger partial charge in [-0.05, 0) is 49.3 Å². The van der Waals surface area contributed by atoms with Crippen molar-refractivity contribution in [3.8, 4) is 0 Å². The molecule has 1 N–H and O–H groups in total. The predicted molar refractivity (Wildman–Crippen MR) is 127 cm³/mol. The Hall–Kier alpha value is -1.96. The molecular formula is C24H34N4O2S. The predicted octanol–water partition coefficient (Wildman–Crippen LogP) is 4.71. The van der Waals surface area contributed by atoms with E-state index in [-0.39, 0.29) is 11.3 Å². The molecular weight excluding hydrogens is 408 g/mol. The average molecular weight is 443 g/mol. The van der Waals surface area contributed by atoms with E-state index in [9.17, 15) is 4.79 Å². The SMILES string of the molecule is CNC(=O)c1cn2c(nc3ccc(CN(CC(C)(C)C)C(C)CC4CCCO4)cc32)s1. The normalized spacial score (nSPS) is 18.3. The van der Waals surface area contributed by atoms with Crippen molar-refractivity contribution in [1.29, 1.82) is 0 Å². The summed E-state index contributed by atoms with van der Waals surface area (Å²) in [5, 5.41) is 2.69. The Morgan fingerprint density at radius 1 is 1.42 bits per heavy atom. The van der Waals surface area contributed by atoms with E-state index in [1.165, 1.54) is 29.7 Å². The maximum atomic E-state index is 12.0. The second-order valence-electron chi connectivity index (χ2n) is 9.95. The van der Waals surface area contributed by atoms with Crippen LogP contribution in [0.2, 0.25) is 0 Å². The summed E-state index contributed by atoms with van der Waals surface area (Å²) in [4.78, 5) is 20.8. The summed E-state index contributed by atoms with van der Waals surface area (Å²) in [6, 6.07) is 6.96. The van der Waals surface area contributed by atoms with E-state index in [0.717, 1.165) is 42.1 Å². The number of rotatable bonds is 7. The highest BCUT2D eigenvalue weighted by molar-refractivity contribution is 7.18. The van der Waals surface area contributed by atoms with Crippen LogP contribution in [0, 0.1) is 5.41 Å². The number of nitrogens with one attached hydrogen (secondary N) is 1. The number of hydrogen-bond donors (Lipinski definition) is 1. The smallest absolute Gasteiger partial charge is 0.262 e. The van der Waals surface area contributed by atoms with Crippen LogP contribution in [0.1, 0.15) is 62.2 Å². The zero-order valence-corrected chi connectivity index (χ0v) is 20.1. The molecule has 1 aliphatic heterocycles. The number of thiazole rings is 1. The first-order valence-corrected chi connectivity index (χ1v) is 12.0. The van der Waals surface area contributed by atoms with Crippen LogP contribution < -0.4 is 5.32 Å². The van der Waals surface area contributed by atoms with E-state index in [0.29, 0.717) is 17.0 Å². The molecule has 3 heterocycles. The van der Waals surface area contributed by atoms with Crippen molar-refractivity contribution in [1.82, 2.24) is 19.6 Å². The Kier molecular flexibility index (Phi) is 6.37. The van der Waals surface area contributed by atoms with Gasteiger partial charge in [0, 0.05) is 39.0 Å². The molecule has 1 aromatic carbocycles. The molecule has 0 spiro atoms. The molecule has 0 radical (unpaired) electrons. The fraction of sp³-hybridized carbons (Fsp3) is 0.583. The van der Waals surface area contributed by atoms with Gasteiger partial charge in [-0.1, -0.05) is 38.2 Å². The lowest BCUT2D eigenvalue weighted by molar-refractivity contribution is 0.0589. The molecule has 1 aliphatic rings. The number of benzene rings is 1. The maximum Gasteiger partial charge on any atom is 0.262 e. The molecule has 1 saturated heterocycles. The molecule has 0 saturated carbocycles. The highest BCUT2D eigenvalue weighted by atomic mass is 32.1. The van der Waals surface area contributed by atoms with Crippen LogP contribution in [-0.2, 0) is 11.3 Å². The highest BCUT2D eigenvalue weighted by Crippen LogP contribution is 2.27. The monoisotopic (exact) mass is 442 g/mol. The summed E-state index contributed by atoms with van der Waals surface area (Å²) in [7, 11) is 1.66. The average Bonchev–Trinajstić information content (AvgIpc) is 3.42. The molecule has 31 heavy (non-hydrogen) atoms. The first-order chi connectivity index (χ1) is 14.7. The Balaban J connectivity index is 1.60. The van der Waals surface area contributed by atoms with E-state index >= 15 is 0 Å². The molecule has 4 rings (SSSR count). The van der Waals surface area contributed by atoms with Crippen molar-refractivity contribution in [3.63, 3.8) is 0 Å². The van der Waals surface area contributed by atoms with Crippen molar-refractivity contribution in [3.05, 3.63) is 34.8 Å². The van der Waals surface area contributed by atoms with E-state index in [1.54, 1.807) is 7.05 Å². The molecule has 1 amide bonds. The van der Waals surface area contributed by atoms with Gasteiger partial charge in [0.25, 0.3) is 5.91 Å². The fourth-order valence-corrected chi connectivity index (χ4v) is 5.40. The van der Waals surface area contributed by atoms with E-state index < -0.39 is 0 Å². The fourth-order valence-electron chi connectivity index (χ4n) is 4.45. The van der Waals surface area contributed by atoms with Gasteiger partial charge in [-0.25, -0.2) is 4.98 Å². The number of imidazole rings is 1. The van der Waals surface area contributed by atoms with Gasteiger partial charge in [0.2, 0.25) is 0 Å². The highest BCUT2D eigenvalue weighted by Gasteiger charge is 2.26. The molecule has 2 aromatic heterocycles. The quantitative estimate of drug-likeness (QED) is 0.575.